The molecule has 0 N–H and O–H groups in total. The molecule has 0 amide bonds. The Hall–Kier alpha value is -7.73. The Morgan fingerprint density at radius 2 is 0.871 bits per heavy atom. The van der Waals surface area contributed by atoms with Crippen molar-refractivity contribution in [2.24, 2.45) is 0 Å². The highest BCUT2D eigenvalue weighted by Crippen LogP contribution is 2.40. The first-order valence-electron chi connectivity index (χ1n) is 21.2. The van der Waals surface area contributed by atoms with Gasteiger partial charge in [0.1, 0.15) is 0 Å². The van der Waals surface area contributed by atoms with Crippen LogP contribution in [0.4, 0.5) is 0 Å². The summed E-state index contributed by atoms with van der Waals surface area (Å²) < 4.78 is 4.96. The molecule has 8 aromatic carbocycles. The number of hydrogen-bond donors (Lipinski definition) is 0. The molecule has 11 aromatic rings. The molecule has 0 unspecified atom stereocenters. The van der Waals surface area contributed by atoms with Gasteiger partial charge in [0.25, 0.3) is 0 Å². The molecule has 3 heterocycles. The van der Waals surface area contributed by atoms with Crippen molar-refractivity contribution < 1.29 is 0 Å². The van der Waals surface area contributed by atoms with E-state index in [2.05, 4.69) is 174 Å². The van der Waals surface area contributed by atoms with Gasteiger partial charge in [0.05, 0.1) is 11.0 Å². The monoisotopic (exact) mass is 810 g/mol. The van der Waals surface area contributed by atoms with E-state index in [0.29, 0.717) is 17.5 Å². The predicted octanol–water partition coefficient (Wildman–Crippen LogP) is 13.5. The highest BCUT2D eigenvalue weighted by molar-refractivity contribution is 7.17. The number of fused-ring (bicyclic) bond motifs is 6. The fraction of sp³-hybridized carbons (Fsp3) is 0.0351. The average Bonchev–Trinajstić information content (AvgIpc) is 3.90. The Labute approximate surface area is 363 Å². The molecule has 1 aliphatic rings. The van der Waals surface area contributed by atoms with Gasteiger partial charge in [-0.2, -0.15) is 0 Å². The quantitative estimate of drug-likeness (QED) is 0.161. The molecule has 3 aromatic heterocycles. The predicted molar refractivity (Wildman–Crippen MR) is 260 cm³/mol. The van der Waals surface area contributed by atoms with Crippen molar-refractivity contribution in [2.45, 2.75) is 12.8 Å². The minimum absolute atomic E-state index is 0.658. The van der Waals surface area contributed by atoms with E-state index in [9.17, 15) is 0 Å². The van der Waals surface area contributed by atoms with Crippen molar-refractivity contribution in [3.05, 3.63) is 204 Å². The minimum Gasteiger partial charge on any atom is -0.309 e. The molecule has 0 bridgehead atoms. The highest BCUT2D eigenvalue weighted by Gasteiger charge is 2.20. The lowest BCUT2D eigenvalue weighted by molar-refractivity contribution is 1.08. The molecule has 12 rings (SSSR count). The van der Waals surface area contributed by atoms with Crippen LogP contribution in [0.3, 0.4) is 0 Å². The molecule has 0 fully saturated rings. The SMILES string of the molecule is C1=c2sc3c(-c4nc(-c5ccccc5)nc(-c5ccccc5)n4)cc(-c4cccc(-n5c6cc(-c7ccccc7)ccc6c6ccc(-c7ccccc7)cc65)c4)cc3c2=CCC1. The molecule has 1 aliphatic carbocycles. The zero-order valence-corrected chi connectivity index (χ0v) is 34.6. The second kappa shape index (κ2) is 15.1. The van der Waals surface area contributed by atoms with Gasteiger partial charge in [-0.05, 0) is 87.8 Å². The van der Waals surface area contributed by atoms with Gasteiger partial charge < -0.3 is 4.57 Å². The summed E-state index contributed by atoms with van der Waals surface area (Å²) in [4.78, 5) is 15.5. The summed E-state index contributed by atoms with van der Waals surface area (Å²) >= 11 is 1.84. The van der Waals surface area contributed by atoms with Crippen molar-refractivity contribution in [3.8, 4) is 73.2 Å². The first kappa shape index (κ1) is 36.1. The van der Waals surface area contributed by atoms with Gasteiger partial charge in [-0.25, -0.2) is 15.0 Å². The lowest BCUT2D eigenvalue weighted by Crippen LogP contribution is -2.20. The van der Waals surface area contributed by atoms with Crippen LogP contribution < -0.4 is 9.75 Å². The number of thiophene rings is 1. The maximum atomic E-state index is 5.24. The summed E-state index contributed by atoms with van der Waals surface area (Å²) in [5.74, 6) is 1.99. The summed E-state index contributed by atoms with van der Waals surface area (Å²) in [6.45, 7) is 0. The Balaban J connectivity index is 1.09. The van der Waals surface area contributed by atoms with Crippen molar-refractivity contribution in [3.63, 3.8) is 0 Å². The van der Waals surface area contributed by atoms with Crippen molar-refractivity contribution in [2.75, 3.05) is 0 Å². The van der Waals surface area contributed by atoms with E-state index in [0.717, 1.165) is 46.3 Å². The molecule has 292 valence electrons. The smallest absolute Gasteiger partial charge is 0.165 e. The normalized spacial score (nSPS) is 12.3. The molecule has 4 nitrogen and oxygen atoms in total. The van der Waals surface area contributed by atoms with Crippen LogP contribution in [0.5, 0.6) is 0 Å². The van der Waals surface area contributed by atoms with Crippen LogP contribution >= 0.6 is 11.3 Å². The van der Waals surface area contributed by atoms with Crippen molar-refractivity contribution in [1.82, 2.24) is 19.5 Å². The molecule has 0 radical (unpaired) electrons. The van der Waals surface area contributed by atoms with E-state index >= 15 is 0 Å². The van der Waals surface area contributed by atoms with Gasteiger partial charge in [-0.15, -0.1) is 11.3 Å². The van der Waals surface area contributed by atoms with Gasteiger partial charge in [0.15, 0.2) is 17.5 Å². The van der Waals surface area contributed by atoms with Crippen LogP contribution in [0.15, 0.2) is 194 Å². The molecule has 0 aliphatic heterocycles. The highest BCUT2D eigenvalue weighted by atomic mass is 32.1. The van der Waals surface area contributed by atoms with Crippen LogP contribution in [0, 0.1) is 0 Å². The first-order valence-corrected chi connectivity index (χ1v) is 22.0. The van der Waals surface area contributed by atoms with Gasteiger partial charge >= 0.3 is 0 Å². The number of aromatic nitrogens is 4. The molecule has 0 saturated heterocycles. The number of rotatable bonds is 7. The van der Waals surface area contributed by atoms with Crippen LogP contribution in [0.2, 0.25) is 0 Å². The number of benzene rings is 8. The topological polar surface area (TPSA) is 43.6 Å². The van der Waals surface area contributed by atoms with Gasteiger partial charge in [-0.1, -0.05) is 170 Å². The molecule has 0 spiro atoms. The zero-order valence-electron chi connectivity index (χ0n) is 33.7. The van der Waals surface area contributed by atoms with E-state index in [1.807, 2.05) is 47.7 Å². The van der Waals surface area contributed by atoms with E-state index in [1.165, 1.54) is 63.9 Å². The third kappa shape index (κ3) is 6.34. The number of nitrogens with zero attached hydrogens (tertiary/aromatic N) is 4. The first-order chi connectivity index (χ1) is 30.7. The lowest BCUT2D eigenvalue weighted by Gasteiger charge is -2.13. The fourth-order valence-electron chi connectivity index (χ4n) is 9.04. The maximum Gasteiger partial charge on any atom is 0.165 e. The van der Waals surface area contributed by atoms with Crippen molar-refractivity contribution >= 4 is 55.4 Å². The molecular formula is C57H38N4S. The molecular weight excluding hydrogens is 773 g/mol. The Morgan fingerprint density at radius 3 is 1.45 bits per heavy atom. The Morgan fingerprint density at radius 1 is 0.371 bits per heavy atom. The summed E-state index contributed by atoms with van der Waals surface area (Å²) in [6, 6.07) is 69.3. The second-order valence-corrected chi connectivity index (χ2v) is 16.9. The average molecular weight is 811 g/mol. The van der Waals surface area contributed by atoms with Gasteiger partial charge in [0.2, 0.25) is 0 Å². The maximum absolute atomic E-state index is 5.24. The summed E-state index contributed by atoms with van der Waals surface area (Å²) in [6.07, 6.45) is 6.86. The lowest BCUT2D eigenvalue weighted by atomic mass is 9.98. The van der Waals surface area contributed by atoms with E-state index < -0.39 is 0 Å². The van der Waals surface area contributed by atoms with Crippen LogP contribution in [0.25, 0.3) is 117 Å². The fourth-order valence-corrected chi connectivity index (χ4v) is 10.3. The zero-order chi connectivity index (χ0) is 41.0. The van der Waals surface area contributed by atoms with Crippen LogP contribution in [0.1, 0.15) is 12.8 Å². The number of hydrogen-bond acceptors (Lipinski definition) is 4. The van der Waals surface area contributed by atoms with E-state index in [4.69, 9.17) is 15.0 Å². The largest absolute Gasteiger partial charge is 0.309 e. The summed E-state index contributed by atoms with van der Waals surface area (Å²) in [5, 5.41) is 4.99. The van der Waals surface area contributed by atoms with Crippen LogP contribution in [-0.2, 0) is 0 Å². The van der Waals surface area contributed by atoms with Gasteiger partial charge in [-0.3, -0.25) is 0 Å². The van der Waals surface area contributed by atoms with E-state index in [1.54, 1.807) is 0 Å². The molecule has 0 saturated carbocycles. The third-order valence-corrected chi connectivity index (χ3v) is 13.3. The minimum atomic E-state index is 0.658. The third-order valence-electron chi connectivity index (χ3n) is 12.1. The summed E-state index contributed by atoms with van der Waals surface area (Å²) in [5.41, 5.74) is 13.4. The summed E-state index contributed by atoms with van der Waals surface area (Å²) in [7, 11) is 0. The standard InChI is InChI=1S/C57H38N4S/c1-5-16-37(17-6-1)42-28-30-46-47-31-29-43(38-18-7-2-8-19-38)36-52(47)61(51(46)35-42)45-25-15-24-41(32-45)44-33-49-48-26-13-14-27-53(48)62-54(49)50(34-44)57-59-55(39-20-9-3-10-21-39)58-56(60-57)40-22-11-4-12-23-40/h1-12,15-36H,13-14H2. The van der Waals surface area contributed by atoms with E-state index in [-0.39, 0.29) is 0 Å². The second-order valence-electron chi connectivity index (χ2n) is 15.9. The molecule has 0 atom stereocenters. The Kier molecular flexibility index (Phi) is 8.79. The van der Waals surface area contributed by atoms with Gasteiger partial charge in [0, 0.05) is 47.8 Å². The molecule has 62 heavy (non-hydrogen) atoms. The molecule has 5 heteroatoms. The Bertz CT molecular complexity index is 3460. The van der Waals surface area contributed by atoms with Crippen LogP contribution in [-0.4, -0.2) is 19.5 Å². The van der Waals surface area contributed by atoms with Crippen molar-refractivity contribution in [1.29, 1.82) is 0 Å².